The van der Waals surface area contributed by atoms with E-state index in [-0.39, 0.29) is 0 Å². The first-order chi connectivity index (χ1) is 4.31. The third-order valence-electron chi connectivity index (χ3n) is 0.962. The van der Waals surface area contributed by atoms with Crippen molar-refractivity contribution in [2.45, 2.75) is 19.8 Å². The average molecular weight is 166 g/mol. The van der Waals surface area contributed by atoms with Gasteiger partial charge in [-0.25, -0.2) is 0 Å². The number of hydrogen-bond acceptors (Lipinski definition) is 2. The highest BCUT2D eigenvalue weighted by Crippen LogP contribution is 1.91. The van der Waals surface area contributed by atoms with Crippen LogP contribution in [0.4, 0.5) is 0 Å². The van der Waals surface area contributed by atoms with Crippen molar-refractivity contribution < 1.29 is 4.21 Å². The molecule has 0 aromatic rings. The third kappa shape index (κ3) is 6.38. The van der Waals surface area contributed by atoms with Crippen LogP contribution in [0.1, 0.15) is 19.8 Å². The van der Waals surface area contributed by atoms with Gasteiger partial charge in [-0.15, -0.1) is 0 Å². The molecule has 0 aliphatic rings. The molecule has 0 radical (unpaired) electrons. The lowest BCUT2D eigenvalue weighted by Crippen LogP contribution is -2.01. The molecule has 0 fully saturated rings. The highest BCUT2D eigenvalue weighted by Gasteiger charge is 1.94. The fourth-order valence-corrected chi connectivity index (χ4v) is 2.05. The maximum absolute atomic E-state index is 10.9. The number of hydrogen-bond donors (Lipinski definition) is 1. The summed E-state index contributed by atoms with van der Waals surface area (Å²) in [6, 6.07) is 0. The molecular formula is C6H14OS2. The first-order valence-electron chi connectivity index (χ1n) is 3.27. The van der Waals surface area contributed by atoms with Gasteiger partial charge in [-0.2, -0.15) is 12.6 Å². The van der Waals surface area contributed by atoms with Crippen molar-refractivity contribution >= 4 is 23.4 Å². The monoisotopic (exact) mass is 166 g/mol. The second-order valence-electron chi connectivity index (χ2n) is 1.93. The van der Waals surface area contributed by atoms with Crippen molar-refractivity contribution in [2.75, 3.05) is 17.3 Å². The van der Waals surface area contributed by atoms with E-state index >= 15 is 0 Å². The Bertz CT molecular complexity index is 83.1. The van der Waals surface area contributed by atoms with Crippen LogP contribution in [-0.2, 0) is 10.8 Å². The Kier molecular flexibility index (Phi) is 6.99. The van der Waals surface area contributed by atoms with Gasteiger partial charge in [-0.05, 0) is 18.6 Å². The molecule has 0 aliphatic heterocycles. The van der Waals surface area contributed by atoms with Crippen molar-refractivity contribution in [1.82, 2.24) is 0 Å². The van der Waals surface area contributed by atoms with E-state index in [1.54, 1.807) is 0 Å². The number of thiol groups is 1. The highest BCUT2D eigenvalue weighted by molar-refractivity contribution is 7.85. The van der Waals surface area contributed by atoms with E-state index in [1.807, 2.05) is 0 Å². The Morgan fingerprint density at radius 1 is 1.44 bits per heavy atom. The van der Waals surface area contributed by atoms with Gasteiger partial charge < -0.3 is 0 Å². The van der Waals surface area contributed by atoms with E-state index in [4.69, 9.17) is 0 Å². The second kappa shape index (κ2) is 6.62. The molecule has 0 heterocycles. The molecule has 0 aromatic heterocycles. The van der Waals surface area contributed by atoms with Crippen LogP contribution >= 0.6 is 12.6 Å². The van der Waals surface area contributed by atoms with Crippen LogP contribution in [0.25, 0.3) is 0 Å². The lowest BCUT2D eigenvalue weighted by Gasteiger charge is -1.95. The van der Waals surface area contributed by atoms with Crippen LogP contribution in [0.15, 0.2) is 0 Å². The van der Waals surface area contributed by atoms with Gasteiger partial charge in [-0.1, -0.05) is 6.92 Å². The molecular weight excluding hydrogens is 152 g/mol. The van der Waals surface area contributed by atoms with Crippen LogP contribution in [0, 0.1) is 0 Å². The fourth-order valence-electron chi connectivity index (χ4n) is 0.555. The summed E-state index contributed by atoms with van der Waals surface area (Å²) in [5, 5.41) is 0. The predicted octanol–water partition coefficient (Wildman–Crippen LogP) is 1.47. The molecule has 0 amide bonds. The summed E-state index contributed by atoms with van der Waals surface area (Å²) in [4.78, 5) is 0. The van der Waals surface area contributed by atoms with Crippen LogP contribution in [0.2, 0.25) is 0 Å². The SMILES string of the molecule is CCCS(=O)CCCS. The Morgan fingerprint density at radius 3 is 2.56 bits per heavy atom. The summed E-state index contributed by atoms with van der Waals surface area (Å²) >= 11 is 4.03. The summed E-state index contributed by atoms with van der Waals surface area (Å²) in [5.41, 5.74) is 0. The van der Waals surface area contributed by atoms with E-state index in [0.29, 0.717) is 0 Å². The standard InChI is InChI=1S/C6H14OS2/c1-2-5-9(7)6-3-4-8/h8H,2-6H2,1H3. The summed E-state index contributed by atoms with van der Waals surface area (Å²) in [6.07, 6.45) is 2.01. The van der Waals surface area contributed by atoms with Gasteiger partial charge in [0.25, 0.3) is 0 Å². The van der Waals surface area contributed by atoms with Crippen LogP contribution in [0.5, 0.6) is 0 Å². The van der Waals surface area contributed by atoms with Gasteiger partial charge in [0.2, 0.25) is 0 Å². The van der Waals surface area contributed by atoms with Crippen molar-refractivity contribution in [3.05, 3.63) is 0 Å². The fraction of sp³-hybridized carbons (Fsp3) is 1.00. The minimum Gasteiger partial charge on any atom is -0.260 e. The summed E-state index contributed by atoms with van der Waals surface area (Å²) in [5.74, 6) is 2.54. The molecule has 0 aliphatic carbocycles. The molecule has 3 heteroatoms. The Labute approximate surface area is 65.1 Å². The zero-order valence-electron chi connectivity index (χ0n) is 5.80. The first kappa shape index (κ1) is 9.50. The quantitative estimate of drug-likeness (QED) is 0.612. The van der Waals surface area contributed by atoms with Crippen LogP contribution in [-0.4, -0.2) is 21.5 Å². The van der Waals surface area contributed by atoms with Gasteiger partial charge >= 0.3 is 0 Å². The van der Waals surface area contributed by atoms with E-state index in [2.05, 4.69) is 19.6 Å². The van der Waals surface area contributed by atoms with E-state index in [0.717, 1.165) is 30.1 Å². The molecule has 0 rings (SSSR count). The molecule has 0 bridgehead atoms. The molecule has 0 spiro atoms. The second-order valence-corrected chi connectivity index (χ2v) is 4.07. The molecule has 9 heavy (non-hydrogen) atoms. The van der Waals surface area contributed by atoms with Gasteiger partial charge in [0.1, 0.15) is 0 Å². The zero-order valence-corrected chi connectivity index (χ0v) is 7.51. The first-order valence-corrected chi connectivity index (χ1v) is 5.39. The topological polar surface area (TPSA) is 17.1 Å². The molecule has 0 N–H and O–H groups in total. The minimum atomic E-state index is -0.569. The molecule has 0 aromatic carbocycles. The lowest BCUT2D eigenvalue weighted by atomic mass is 10.6. The van der Waals surface area contributed by atoms with Crippen LogP contribution < -0.4 is 0 Å². The molecule has 0 saturated carbocycles. The molecule has 56 valence electrons. The van der Waals surface area contributed by atoms with Gasteiger partial charge in [0.05, 0.1) is 0 Å². The van der Waals surface area contributed by atoms with Gasteiger partial charge in [-0.3, -0.25) is 4.21 Å². The maximum Gasteiger partial charge on any atom is 0.0242 e. The third-order valence-corrected chi connectivity index (χ3v) is 2.89. The van der Waals surface area contributed by atoms with Crippen molar-refractivity contribution in [3.8, 4) is 0 Å². The highest BCUT2D eigenvalue weighted by atomic mass is 32.2. The maximum atomic E-state index is 10.9. The molecule has 1 unspecified atom stereocenters. The van der Waals surface area contributed by atoms with Crippen molar-refractivity contribution in [2.24, 2.45) is 0 Å². The minimum absolute atomic E-state index is 0.569. The Morgan fingerprint density at radius 2 is 2.11 bits per heavy atom. The number of rotatable bonds is 5. The normalized spacial score (nSPS) is 13.6. The average Bonchev–Trinajstić information content (AvgIpc) is 1.85. The molecule has 0 saturated heterocycles. The Balaban J connectivity index is 3.06. The van der Waals surface area contributed by atoms with E-state index < -0.39 is 10.8 Å². The van der Waals surface area contributed by atoms with Crippen LogP contribution in [0.3, 0.4) is 0 Å². The predicted molar refractivity (Wildman–Crippen MR) is 46.6 cm³/mol. The molecule has 1 nitrogen and oxygen atoms in total. The van der Waals surface area contributed by atoms with Crippen molar-refractivity contribution in [1.29, 1.82) is 0 Å². The zero-order chi connectivity index (χ0) is 7.11. The smallest absolute Gasteiger partial charge is 0.0242 e. The van der Waals surface area contributed by atoms with E-state index in [1.165, 1.54) is 0 Å². The summed E-state index contributed by atoms with van der Waals surface area (Å²) in [6.45, 7) is 2.05. The lowest BCUT2D eigenvalue weighted by molar-refractivity contribution is 0.680. The van der Waals surface area contributed by atoms with Gasteiger partial charge in [0.15, 0.2) is 0 Å². The molecule has 1 atom stereocenters. The van der Waals surface area contributed by atoms with Crippen molar-refractivity contribution in [3.63, 3.8) is 0 Å². The van der Waals surface area contributed by atoms with E-state index in [9.17, 15) is 4.21 Å². The largest absolute Gasteiger partial charge is 0.260 e. The Hall–Kier alpha value is 0.500. The summed E-state index contributed by atoms with van der Waals surface area (Å²) < 4.78 is 10.9. The summed E-state index contributed by atoms with van der Waals surface area (Å²) in [7, 11) is -0.569. The van der Waals surface area contributed by atoms with Gasteiger partial charge in [0, 0.05) is 22.3 Å².